The average Bonchev–Trinajstić information content (AvgIpc) is 3.32. The van der Waals surface area contributed by atoms with Crippen LogP contribution in [-0.2, 0) is 0 Å². The van der Waals surface area contributed by atoms with Crippen molar-refractivity contribution >= 4 is 5.71 Å². The normalized spacial score (nSPS) is 45.4. The SMILES string of the molecule is CC(C)=C1CCN=C1CC(C)C1CCC2C3=CCC4CC(N)CCC4(C)C3CCC21C. The number of rotatable bonds is 3. The zero-order chi connectivity index (χ0) is 22.0. The van der Waals surface area contributed by atoms with Gasteiger partial charge in [-0.05, 0) is 124 Å². The van der Waals surface area contributed by atoms with Gasteiger partial charge in [0.25, 0.3) is 0 Å². The summed E-state index contributed by atoms with van der Waals surface area (Å²) in [6.07, 6.45) is 16.0. The maximum atomic E-state index is 6.39. The van der Waals surface area contributed by atoms with Crippen LogP contribution in [0.4, 0.5) is 0 Å². The topological polar surface area (TPSA) is 38.4 Å². The van der Waals surface area contributed by atoms with Crippen LogP contribution >= 0.6 is 0 Å². The number of hydrogen-bond acceptors (Lipinski definition) is 2. The first-order chi connectivity index (χ1) is 14.7. The molecule has 172 valence electrons. The molecule has 5 rings (SSSR count). The van der Waals surface area contributed by atoms with E-state index in [9.17, 15) is 0 Å². The Hall–Kier alpha value is -0.890. The lowest BCUT2D eigenvalue weighted by atomic mass is 9.47. The molecule has 1 aliphatic heterocycles. The Morgan fingerprint density at radius 1 is 1.10 bits per heavy atom. The highest BCUT2D eigenvalue weighted by Gasteiger charge is 2.58. The zero-order valence-corrected chi connectivity index (χ0v) is 20.8. The molecule has 31 heavy (non-hydrogen) atoms. The molecule has 2 heteroatoms. The van der Waals surface area contributed by atoms with Crippen LogP contribution < -0.4 is 5.73 Å². The molecule has 0 aromatic rings. The highest BCUT2D eigenvalue weighted by molar-refractivity contribution is 6.02. The summed E-state index contributed by atoms with van der Waals surface area (Å²) in [6.45, 7) is 13.4. The van der Waals surface area contributed by atoms with Crippen LogP contribution in [0.15, 0.2) is 27.8 Å². The van der Waals surface area contributed by atoms with Crippen molar-refractivity contribution in [2.45, 2.75) is 105 Å². The first-order valence-corrected chi connectivity index (χ1v) is 13.4. The van der Waals surface area contributed by atoms with Gasteiger partial charge in [-0.25, -0.2) is 0 Å². The van der Waals surface area contributed by atoms with Crippen LogP contribution in [0.3, 0.4) is 0 Å². The molecule has 0 aromatic heterocycles. The van der Waals surface area contributed by atoms with E-state index < -0.39 is 0 Å². The van der Waals surface area contributed by atoms with E-state index in [1.807, 2.05) is 5.57 Å². The second kappa shape index (κ2) is 7.86. The summed E-state index contributed by atoms with van der Waals surface area (Å²) in [5, 5.41) is 0. The third-order valence-corrected chi connectivity index (χ3v) is 11.0. The standard InChI is InChI=1S/C29H46N2/c1-18(2)22-12-15-31-27(22)16-19(3)24-8-9-25-23-7-6-20-17-21(30)10-13-28(20,4)26(23)11-14-29(24,25)5/h7,19-21,24-26H,6,8-17,30H2,1-5H3. The van der Waals surface area contributed by atoms with Gasteiger partial charge in [0, 0.05) is 18.3 Å². The molecule has 8 atom stereocenters. The summed E-state index contributed by atoms with van der Waals surface area (Å²) in [5.74, 6) is 4.10. The smallest absolute Gasteiger partial charge is 0.0433 e. The van der Waals surface area contributed by atoms with Gasteiger partial charge in [-0.2, -0.15) is 0 Å². The van der Waals surface area contributed by atoms with Gasteiger partial charge >= 0.3 is 0 Å². The molecular weight excluding hydrogens is 376 g/mol. The Kier molecular flexibility index (Phi) is 5.56. The van der Waals surface area contributed by atoms with Gasteiger partial charge in [0.15, 0.2) is 0 Å². The van der Waals surface area contributed by atoms with Crippen molar-refractivity contribution in [3.05, 3.63) is 22.8 Å². The molecule has 0 amide bonds. The molecule has 2 nitrogen and oxygen atoms in total. The number of nitrogens with zero attached hydrogens (tertiary/aromatic N) is 1. The summed E-state index contributed by atoms with van der Waals surface area (Å²) in [5.41, 5.74) is 13.8. The largest absolute Gasteiger partial charge is 0.328 e. The maximum Gasteiger partial charge on any atom is 0.0433 e. The van der Waals surface area contributed by atoms with Gasteiger partial charge in [0.1, 0.15) is 0 Å². The fourth-order valence-electron chi connectivity index (χ4n) is 9.24. The second-order valence-corrected chi connectivity index (χ2v) is 12.7. The third kappa shape index (κ3) is 3.42. The van der Waals surface area contributed by atoms with E-state index in [1.54, 1.807) is 5.57 Å². The fraction of sp³-hybridized carbons (Fsp3) is 0.828. The molecule has 8 unspecified atom stereocenters. The Morgan fingerprint density at radius 2 is 1.84 bits per heavy atom. The van der Waals surface area contributed by atoms with Gasteiger partial charge in [-0.15, -0.1) is 0 Å². The monoisotopic (exact) mass is 422 g/mol. The number of hydrogen-bond donors (Lipinski definition) is 1. The van der Waals surface area contributed by atoms with E-state index in [-0.39, 0.29) is 0 Å². The number of aliphatic imine (C=N–C) groups is 1. The van der Waals surface area contributed by atoms with Crippen molar-refractivity contribution in [2.75, 3.05) is 6.54 Å². The number of fused-ring (bicyclic) bond motifs is 5. The van der Waals surface area contributed by atoms with E-state index >= 15 is 0 Å². The Balaban J connectivity index is 1.36. The third-order valence-electron chi connectivity index (χ3n) is 11.0. The fourth-order valence-corrected chi connectivity index (χ4v) is 9.24. The Labute approximate surface area is 191 Å². The molecule has 0 spiro atoms. The molecule has 3 fully saturated rings. The summed E-state index contributed by atoms with van der Waals surface area (Å²) in [7, 11) is 0. The molecule has 1 heterocycles. The minimum atomic E-state index is 0.447. The maximum absolute atomic E-state index is 6.39. The molecule has 0 saturated heterocycles. The van der Waals surface area contributed by atoms with Crippen molar-refractivity contribution in [1.29, 1.82) is 0 Å². The molecular formula is C29H46N2. The van der Waals surface area contributed by atoms with Gasteiger partial charge in [0.05, 0.1) is 0 Å². The van der Waals surface area contributed by atoms with Crippen LogP contribution in [0, 0.1) is 40.4 Å². The summed E-state index contributed by atoms with van der Waals surface area (Å²) >= 11 is 0. The lowest BCUT2D eigenvalue weighted by Gasteiger charge is -2.58. The molecule has 4 aliphatic carbocycles. The lowest BCUT2D eigenvalue weighted by molar-refractivity contribution is -0.0109. The van der Waals surface area contributed by atoms with Crippen LogP contribution in [0.5, 0.6) is 0 Å². The predicted molar refractivity (Wildman–Crippen MR) is 132 cm³/mol. The van der Waals surface area contributed by atoms with Crippen molar-refractivity contribution in [1.82, 2.24) is 0 Å². The highest BCUT2D eigenvalue weighted by atomic mass is 14.8. The lowest BCUT2D eigenvalue weighted by Crippen LogP contribution is -2.50. The first kappa shape index (κ1) is 21.9. The van der Waals surface area contributed by atoms with Gasteiger partial charge < -0.3 is 5.73 Å². The van der Waals surface area contributed by atoms with Crippen molar-refractivity contribution < 1.29 is 0 Å². The summed E-state index contributed by atoms with van der Waals surface area (Å²) < 4.78 is 0. The molecule has 5 aliphatic rings. The average molecular weight is 423 g/mol. The van der Waals surface area contributed by atoms with E-state index in [2.05, 4.69) is 40.7 Å². The minimum Gasteiger partial charge on any atom is -0.328 e. The van der Waals surface area contributed by atoms with Crippen LogP contribution in [0.2, 0.25) is 0 Å². The van der Waals surface area contributed by atoms with Crippen molar-refractivity contribution in [3.63, 3.8) is 0 Å². The number of nitrogens with two attached hydrogens (primary N) is 1. The van der Waals surface area contributed by atoms with Gasteiger partial charge in [0.2, 0.25) is 0 Å². The van der Waals surface area contributed by atoms with E-state index in [0.29, 0.717) is 16.9 Å². The molecule has 0 aromatic carbocycles. The van der Waals surface area contributed by atoms with Gasteiger partial charge in [-0.1, -0.05) is 38.0 Å². The zero-order valence-electron chi connectivity index (χ0n) is 20.8. The molecule has 0 radical (unpaired) electrons. The quantitative estimate of drug-likeness (QED) is 0.484. The number of allylic oxidation sites excluding steroid dienone is 3. The summed E-state index contributed by atoms with van der Waals surface area (Å²) in [6, 6.07) is 0.447. The van der Waals surface area contributed by atoms with Crippen LogP contribution in [0.1, 0.15) is 98.8 Å². The predicted octanol–water partition coefficient (Wildman–Crippen LogP) is 7.10. The van der Waals surface area contributed by atoms with E-state index in [1.165, 1.54) is 75.5 Å². The van der Waals surface area contributed by atoms with Crippen LogP contribution in [0.25, 0.3) is 0 Å². The van der Waals surface area contributed by atoms with E-state index in [4.69, 9.17) is 10.7 Å². The highest BCUT2D eigenvalue weighted by Crippen LogP contribution is 2.66. The molecule has 3 saturated carbocycles. The molecule has 2 N–H and O–H groups in total. The Morgan fingerprint density at radius 3 is 2.61 bits per heavy atom. The van der Waals surface area contributed by atoms with Crippen molar-refractivity contribution in [3.8, 4) is 0 Å². The second-order valence-electron chi connectivity index (χ2n) is 12.7. The summed E-state index contributed by atoms with van der Waals surface area (Å²) in [4.78, 5) is 4.94. The van der Waals surface area contributed by atoms with Crippen LogP contribution in [-0.4, -0.2) is 18.3 Å². The molecule has 0 bridgehead atoms. The minimum absolute atomic E-state index is 0.447. The van der Waals surface area contributed by atoms with Gasteiger partial charge in [-0.3, -0.25) is 4.99 Å². The van der Waals surface area contributed by atoms with Crippen molar-refractivity contribution in [2.24, 2.45) is 51.1 Å². The van der Waals surface area contributed by atoms with E-state index in [0.717, 1.165) is 36.1 Å². The Bertz CT molecular complexity index is 815. The first-order valence-electron chi connectivity index (χ1n) is 13.4.